The molecule has 4 heteroatoms. The third-order valence-corrected chi connectivity index (χ3v) is 2.99. The van der Waals surface area contributed by atoms with Gasteiger partial charge in [0.15, 0.2) is 0 Å². The second-order valence-electron chi connectivity index (χ2n) is 4.66. The van der Waals surface area contributed by atoms with Gasteiger partial charge in [-0.15, -0.1) is 0 Å². The topological polar surface area (TPSA) is 21.3 Å². The summed E-state index contributed by atoms with van der Waals surface area (Å²) in [5.74, 6) is -0.259. The predicted molar refractivity (Wildman–Crippen MR) is 73.8 cm³/mol. The van der Waals surface area contributed by atoms with Gasteiger partial charge in [0.2, 0.25) is 0 Å². The number of hydrogen-bond acceptors (Lipinski definition) is 2. The van der Waals surface area contributed by atoms with E-state index < -0.39 is 0 Å². The van der Waals surface area contributed by atoms with Crippen LogP contribution in [-0.2, 0) is 11.2 Å². The highest BCUT2D eigenvalue weighted by molar-refractivity contribution is 6.31. The smallest absolute Gasteiger partial charge is 0.127 e. The Kier molecular flexibility index (Phi) is 6.61. The maximum Gasteiger partial charge on any atom is 0.127 e. The first kappa shape index (κ1) is 15.4. The fourth-order valence-corrected chi connectivity index (χ4v) is 1.86. The lowest BCUT2D eigenvalue weighted by Gasteiger charge is -2.10. The molecule has 1 N–H and O–H groups in total. The van der Waals surface area contributed by atoms with Crippen LogP contribution in [-0.4, -0.2) is 25.8 Å². The van der Waals surface area contributed by atoms with Gasteiger partial charge in [-0.1, -0.05) is 31.5 Å². The molecule has 0 radical (unpaired) electrons. The molecule has 2 nitrogen and oxygen atoms in total. The quantitative estimate of drug-likeness (QED) is 0.770. The van der Waals surface area contributed by atoms with Gasteiger partial charge in [-0.25, -0.2) is 4.39 Å². The molecule has 18 heavy (non-hydrogen) atoms. The fraction of sp³-hybridized carbons (Fsp3) is 0.571. The number of halogens is 2. The van der Waals surface area contributed by atoms with Crippen LogP contribution in [0.25, 0.3) is 0 Å². The van der Waals surface area contributed by atoms with Gasteiger partial charge in [-0.2, -0.15) is 0 Å². The molecule has 0 fully saturated rings. The molecule has 0 aliphatic heterocycles. The molecule has 0 atom stereocenters. The molecule has 0 amide bonds. The second-order valence-corrected chi connectivity index (χ2v) is 5.07. The first-order chi connectivity index (χ1) is 8.50. The third-order valence-electron chi connectivity index (χ3n) is 2.64. The molecule has 1 aromatic carbocycles. The second kappa shape index (κ2) is 7.72. The van der Waals surface area contributed by atoms with Crippen LogP contribution in [0.5, 0.6) is 0 Å². The van der Waals surface area contributed by atoms with Crippen molar-refractivity contribution >= 4 is 11.6 Å². The first-order valence-corrected chi connectivity index (χ1v) is 6.64. The predicted octanol–water partition coefficient (Wildman–Crippen LogP) is 3.34. The van der Waals surface area contributed by atoms with E-state index in [4.69, 9.17) is 16.3 Å². The summed E-state index contributed by atoms with van der Waals surface area (Å²) in [6.45, 7) is 8.05. The van der Waals surface area contributed by atoms with Gasteiger partial charge in [-0.3, -0.25) is 0 Å². The Morgan fingerprint density at radius 2 is 2.06 bits per heavy atom. The zero-order chi connectivity index (χ0) is 13.5. The van der Waals surface area contributed by atoms with Crippen LogP contribution in [0.3, 0.4) is 0 Å². The molecule has 1 rings (SSSR count). The van der Waals surface area contributed by atoms with Crippen LogP contribution >= 0.6 is 11.6 Å². The third kappa shape index (κ3) is 5.34. The Morgan fingerprint density at radius 1 is 1.33 bits per heavy atom. The molecule has 0 bridgehead atoms. The maximum atomic E-state index is 13.2. The lowest BCUT2D eigenvalue weighted by atomic mass is 10.1. The van der Waals surface area contributed by atoms with Crippen molar-refractivity contribution in [2.75, 3.05) is 19.8 Å². The molecule has 0 aliphatic carbocycles. The van der Waals surface area contributed by atoms with E-state index in [0.29, 0.717) is 36.3 Å². The molecule has 0 saturated heterocycles. The van der Waals surface area contributed by atoms with Crippen LogP contribution in [0.2, 0.25) is 5.02 Å². The molecule has 0 heterocycles. The van der Waals surface area contributed by atoms with E-state index in [-0.39, 0.29) is 5.82 Å². The van der Waals surface area contributed by atoms with Gasteiger partial charge in [0.25, 0.3) is 0 Å². The highest BCUT2D eigenvalue weighted by atomic mass is 35.5. The fourth-order valence-electron chi connectivity index (χ4n) is 1.61. The highest BCUT2D eigenvalue weighted by Gasteiger charge is 2.05. The summed E-state index contributed by atoms with van der Waals surface area (Å²) in [5.41, 5.74) is 1.56. The summed E-state index contributed by atoms with van der Waals surface area (Å²) < 4.78 is 18.7. The minimum atomic E-state index is -0.259. The zero-order valence-electron chi connectivity index (χ0n) is 11.2. The molecule has 102 valence electrons. The first-order valence-electron chi connectivity index (χ1n) is 6.26. The number of hydrogen-bond donors (Lipinski definition) is 1. The van der Waals surface area contributed by atoms with Gasteiger partial charge in [0.05, 0.1) is 13.2 Å². The van der Waals surface area contributed by atoms with E-state index in [1.807, 2.05) is 0 Å². The maximum absolute atomic E-state index is 13.2. The van der Waals surface area contributed by atoms with Gasteiger partial charge in [0, 0.05) is 17.6 Å². The summed E-state index contributed by atoms with van der Waals surface area (Å²) in [7, 11) is 0. The van der Waals surface area contributed by atoms with Crippen molar-refractivity contribution in [2.24, 2.45) is 0 Å². The molecule has 0 saturated carbocycles. The van der Waals surface area contributed by atoms with Crippen LogP contribution in [0.15, 0.2) is 12.1 Å². The number of benzene rings is 1. The Balaban J connectivity index is 2.29. The van der Waals surface area contributed by atoms with Crippen molar-refractivity contribution in [2.45, 2.75) is 33.2 Å². The summed E-state index contributed by atoms with van der Waals surface area (Å²) >= 11 is 5.98. The Bertz CT molecular complexity index is 382. The Hall–Kier alpha value is -0.640. The molecule has 0 spiro atoms. The number of aryl methyl sites for hydroxylation is 1. The normalized spacial score (nSPS) is 11.2. The van der Waals surface area contributed by atoms with Gasteiger partial charge >= 0.3 is 0 Å². The van der Waals surface area contributed by atoms with Crippen molar-refractivity contribution in [3.8, 4) is 0 Å². The van der Waals surface area contributed by atoms with E-state index in [0.717, 1.165) is 12.1 Å². The summed E-state index contributed by atoms with van der Waals surface area (Å²) in [6, 6.07) is 3.63. The van der Waals surface area contributed by atoms with Gasteiger partial charge in [0.1, 0.15) is 5.82 Å². The van der Waals surface area contributed by atoms with Crippen LogP contribution in [0.1, 0.15) is 25.0 Å². The molecular weight excluding hydrogens is 253 g/mol. The molecule has 0 aromatic heterocycles. The molecule has 0 aliphatic rings. The van der Waals surface area contributed by atoms with E-state index in [1.54, 1.807) is 13.0 Å². The van der Waals surface area contributed by atoms with Crippen molar-refractivity contribution < 1.29 is 9.13 Å². The van der Waals surface area contributed by atoms with Crippen molar-refractivity contribution in [1.29, 1.82) is 0 Å². The van der Waals surface area contributed by atoms with E-state index >= 15 is 0 Å². The standard InChI is InChI=1S/C14H21ClFNO/c1-10(2)17-5-7-18-6-4-12-8-11(3)14(16)9-13(12)15/h8-10,17H,4-7H2,1-3H3. The van der Waals surface area contributed by atoms with E-state index in [9.17, 15) is 4.39 Å². The molecule has 1 aromatic rings. The van der Waals surface area contributed by atoms with Crippen molar-refractivity contribution in [3.05, 3.63) is 34.1 Å². The molecular formula is C14H21ClFNO. The number of nitrogens with one attached hydrogen (secondary N) is 1. The van der Waals surface area contributed by atoms with Crippen LogP contribution < -0.4 is 5.32 Å². The Labute approximate surface area is 113 Å². The Morgan fingerprint density at radius 3 is 2.72 bits per heavy atom. The van der Waals surface area contributed by atoms with E-state index in [2.05, 4.69) is 19.2 Å². The lowest BCUT2D eigenvalue weighted by molar-refractivity contribution is 0.137. The number of ether oxygens (including phenoxy) is 1. The summed E-state index contributed by atoms with van der Waals surface area (Å²) in [4.78, 5) is 0. The average molecular weight is 274 g/mol. The number of rotatable bonds is 7. The van der Waals surface area contributed by atoms with Crippen molar-refractivity contribution in [3.63, 3.8) is 0 Å². The van der Waals surface area contributed by atoms with Crippen LogP contribution in [0.4, 0.5) is 4.39 Å². The summed E-state index contributed by atoms with van der Waals surface area (Å²) in [5, 5.41) is 3.75. The molecule has 0 unspecified atom stereocenters. The lowest BCUT2D eigenvalue weighted by Crippen LogP contribution is -2.26. The minimum absolute atomic E-state index is 0.259. The van der Waals surface area contributed by atoms with Crippen molar-refractivity contribution in [1.82, 2.24) is 5.32 Å². The monoisotopic (exact) mass is 273 g/mol. The average Bonchev–Trinajstić information content (AvgIpc) is 2.29. The summed E-state index contributed by atoms with van der Waals surface area (Å²) in [6.07, 6.45) is 0.710. The highest BCUT2D eigenvalue weighted by Crippen LogP contribution is 2.20. The minimum Gasteiger partial charge on any atom is -0.380 e. The largest absolute Gasteiger partial charge is 0.380 e. The zero-order valence-corrected chi connectivity index (χ0v) is 12.0. The van der Waals surface area contributed by atoms with Gasteiger partial charge < -0.3 is 10.1 Å². The SMILES string of the molecule is Cc1cc(CCOCCNC(C)C)c(Cl)cc1F. The van der Waals surface area contributed by atoms with Gasteiger partial charge in [-0.05, 0) is 30.5 Å². The van der Waals surface area contributed by atoms with Crippen LogP contribution in [0, 0.1) is 12.7 Å². The van der Waals surface area contributed by atoms with E-state index in [1.165, 1.54) is 6.07 Å².